The molecule has 0 bridgehead atoms. The second kappa shape index (κ2) is 4.96. The number of hydrogen-bond donors (Lipinski definition) is 2. The van der Waals surface area contributed by atoms with Crippen molar-refractivity contribution in [3.63, 3.8) is 0 Å². The van der Waals surface area contributed by atoms with Gasteiger partial charge in [-0.1, -0.05) is 19.3 Å². The van der Waals surface area contributed by atoms with E-state index in [0.29, 0.717) is 5.82 Å². The standard InChI is InChI=1S/C14H22N4O/c1-11-16-12(9-13(19)17-11)18-8-7-15-10-14(18)5-3-2-4-6-14/h9,15H,2-8,10H2,1H3,(H,16,17,19). The van der Waals surface area contributed by atoms with Crippen molar-refractivity contribution in [2.24, 2.45) is 0 Å². The molecule has 2 fully saturated rings. The molecular weight excluding hydrogens is 240 g/mol. The highest BCUT2D eigenvalue weighted by atomic mass is 16.1. The molecule has 2 N–H and O–H groups in total. The van der Waals surface area contributed by atoms with E-state index < -0.39 is 0 Å². The monoisotopic (exact) mass is 262 g/mol. The van der Waals surface area contributed by atoms with Gasteiger partial charge < -0.3 is 15.2 Å². The van der Waals surface area contributed by atoms with E-state index >= 15 is 0 Å². The molecule has 1 aliphatic heterocycles. The summed E-state index contributed by atoms with van der Waals surface area (Å²) in [6, 6.07) is 1.65. The SMILES string of the molecule is Cc1nc(N2CCNCC23CCCCC3)cc(=O)[nH]1. The van der Waals surface area contributed by atoms with Crippen LogP contribution in [0.5, 0.6) is 0 Å². The molecule has 1 saturated heterocycles. The van der Waals surface area contributed by atoms with Crippen LogP contribution in [0.1, 0.15) is 37.9 Å². The molecule has 5 heteroatoms. The summed E-state index contributed by atoms with van der Waals surface area (Å²) in [4.78, 5) is 21.3. The zero-order valence-corrected chi connectivity index (χ0v) is 11.5. The maximum Gasteiger partial charge on any atom is 0.252 e. The molecule has 104 valence electrons. The van der Waals surface area contributed by atoms with Gasteiger partial charge in [-0.2, -0.15) is 0 Å². The molecule has 0 radical (unpaired) electrons. The van der Waals surface area contributed by atoms with Crippen molar-refractivity contribution in [3.8, 4) is 0 Å². The smallest absolute Gasteiger partial charge is 0.252 e. The van der Waals surface area contributed by atoms with Crippen molar-refractivity contribution in [1.29, 1.82) is 0 Å². The number of piperazine rings is 1. The normalized spacial score (nSPS) is 22.7. The Labute approximate surface area is 113 Å². The molecule has 0 aromatic carbocycles. The third-order valence-corrected chi connectivity index (χ3v) is 4.45. The molecule has 0 atom stereocenters. The van der Waals surface area contributed by atoms with Crippen LogP contribution in [-0.2, 0) is 0 Å². The number of aryl methyl sites for hydroxylation is 1. The maximum absolute atomic E-state index is 11.7. The molecule has 0 amide bonds. The lowest BCUT2D eigenvalue weighted by atomic mass is 9.79. The predicted molar refractivity (Wildman–Crippen MR) is 75.6 cm³/mol. The Balaban J connectivity index is 1.97. The van der Waals surface area contributed by atoms with Crippen LogP contribution in [0.2, 0.25) is 0 Å². The molecule has 0 unspecified atom stereocenters. The van der Waals surface area contributed by atoms with Crippen LogP contribution in [-0.4, -0.2) is 35.1 Å². The highest BCUT2D eigenvalue weighted by Crippen LogP contribution is 2.36. The molecule has 2 aliphatic rings. The highest BCUT2D eigenvalue weighted by molar-refractivity contribution is 5.43. The summed E-state index contributed by atoms with van der Waals surface area (Å²) < 4.78 is 0. The first kappa shape index (κ1) is 12.7. The number of aromatic amines is 1. The van der Waals surface area contributed by atoms with Crippen LogP contribution in [0.25, 0.3) is 0 Å². The van der Waals surface area contributed by atoms with Crippen molar-refractivity contribution >= 4 is 5.82 Å². The topological polar surface area (TPSA) is 61.0 Å². The van der Waals surface area contributed by atoms with Crippen LogP contribution in [0, 0.1) is 6.92 Å². The van der Waals surface area contributed by atoms with Gasteiger partial charge in [0.25, 0.3) is 5.56 Å². The Hall–Kier alpha value is -1.36. The number of nitrogens with zero attached hydrogens (tertiary/aromatic N) is 2. The summed E-state index contributed by atoms with van der Waals surface area (Å²) in [7, 11) is 0. The molecule has 1 saturated carbocycles. The largest absolute Gasteiger partial charge is 0.348 e. The molecule has 2 heterocycles. The average Bonchev–Trinajstić information content (AvgIpc) is 2.39. The van der Waals surface area contributed by atoms with Gasteiger partial charge in [-0.15, -0.1) is 0 Å². The zero-order chi connectivity index (χ0) is 13.3. The molecule has 1 aromatic heterocycles. The Bertz CT molecular complexity index is 496. The predicted octanol–water partition coefficient (Wildman–Crippen LogP) is 1.19. The lowest BCUT2D eigenvalue weighted by Gasteiger charge is -2.50. The number of anilines is 1. The van der Waals surface area contributed by atoms with Gasteiger partial charge in [-0.25, -0.2) is 4.98 Å². The summed E-state index contributed by atoms with van der Waals surface area (Å²) >= 11 is 0. The molecule has 19 heavy (non-hydrogen) atoms. The van der Waals surface area contributed by atoms with E-state index in [1.54, 1.807) is 6.07 Å². The Kier molecular flexibility index (Phi) is 3.31. The van der Waals surface area contributed by atoms with Gasteiger partial charge in [0, 0.05) is 25.7 Å². The minimum Gasteiger partial charge on any atom is -0.348 e. The minimum absolute atomic E-state index is 0.0491. The molecule has 5 nitrogen and oxygen atoms in total. The van der Waals surface area contributed by atoms with Gasteiger partial charge in [0.05, 0.1) is 5.54 Å². The van der Waals surface area contributed by atoms with Gasteiger partial charge in [-0.3, -0.25) is 4.79 Å². The molecule has 1 spiro atoms. The highest BCUT2D eigenvalue weighted by Gasteiger charge is 2.40. The van der Waals surface area contributed by atoms with Crippen molar-refractivity contribution < 1.29 is 0 Å². The van der Waals surface area contributed by atoms with Crippen molar-refractivity contribution in [3.05, 3.63) is 22.2 Å². The second-order valence-electron chi connectivity index (χ2n) is 5.80. The van der Waals surface area contributed by atoms with E-state index in [0.717, 1.165) is 25.5 Å². The Morgan fingerprint density at radius 2 is 2.11 bits per heavy atom. The minimum atomic E-state index is -0.0491. The molecule has 1 aromatic rings. The fourth-order valence-corrected chi connectivity index (χ4v) is 3.56. The Morgan fingerprint density at radius 3 is 2.84 bits per heavy atom. The number of H-pyrrole nitrogens is 1. The van der Waals surface area contributed by atoms with Crippen molar-refractivity contribution in [1.82, 2.24) is 15.3 Å². The number of rotatable bonds is 1. The van der Waals surface area contributed by atoms with E-state index in [1.807, 2.05) is 6.92 Å². The third kappa shape index (κ3) is 2.39. The summed E-state index contributed by atoms with van der Waals surface area (Å²) in [5, 5.41) is 3.52. The summed E-state index contributed by atoms with van der Waals surface area (Å²) in [5.74, 6) is 1.55. The first-order chi connectivity index (χ1) is 9.20. The lowest BCUT2D eigenvalue weighted by molar-refractivity contribution is 0.239. The van der Waals surface area contributed by atoms with Crippen LogP contribution >= 0.6 is 0 Å². The van der Waals surface area contributed by atoms with E-state index in [2.05, 4.69) is 20.2 Å². The fourth-order valence-electron chi connectivity index (χ4n) is 3.56. The average molecular weight is 262 g/mol. The molecule has 1 aliphatic carbocycles. The Morgan fingerprint density at radius 1 is 1.32 bits per heavy atom. The van der Waals surface area contributed by atoms with Crippen molar-refractivity contribution in [2.45, 2.75) is 44.6 Å². The maximum atomic E-state index is 11.7. The number of nitrogens with one attached hydrogen (secondary N) is 2. The quantitative estimate of drug-likeness (QED) is 0.798. The van der Waals surface area contributed by atoms with Gasteiger partial charge in [0.15, 0.2) is 0 Å². The summed E-state index contributed by atoms with van der Waals surface area (Å²) in [5.41, 5.74) is 0.121. The molecule has 3 rings (SSSR count). The van der Waals surface area contributed by atoms with Crippen LogP contribution in [0.15, 0.2) is 10.9 Å². The van der Waals surface area contributed by atoms with Gasteiger partial charge in [-0.05, 0) is 19.8 Å². The van der Waals surface area contributed by atoms with E-state index in [1.165, 1.54) is 32.1 Å². The third-order valence-electron chi connectivity index (χ3n) is 4.45. The van der Waals surface area contributed by atoms with Gasteiger partial charge in [0.2, 0.25) is 0 Å². The molecular formula is C14H22N4O. The van der Waals surface area contributed by atoms with Crippen LogP contribution in [0.3, 0.4) is 0 Å². The first-order valence-corrected chi connectivity index (χ1v) is 7.26. The first-order valence-electron chi connectivity index (χ1n) is 7.26. The number of aromatic nitrogens is 2. The fraction of sp³-hybridized carbons (Fsp3) is 0.714. The van der Waals surface area contributed by atoms with E-state index in [-0.39, 0.29) is 11.1 Å². The van der Waals surface area contributed by atoms with E-state index in [4.69, 9.17) is 0 Å². The summed E-state index contributed by atoms with van der Waals surface area (Å²) in [6.45, 7) is 4.77. The van der Waals surface area contributed by atoms with Crippen molar-refractivity contribution in [2.75, 3.05) is 24.5 Å². The van der Waals surface area contributed by atoms with Gasteiger partial charge in [0.1, 0.15) is 11.6 Å². The van der Waals surface area contributed by atoms with Gasteiger partial charge >= 0.3 is 0 Å². The lowest BCUT2D eigenvalue weighted by Crippen LogP contribution is -2.62. The zero-order valence-electron chi connectivity index (χ0n) is 11.5. The summed E-state index contributed by atoms with van der Waals surface area (Å²) in [6.07, 6.45) is 6.29. The van der Waals surface area contributed by atoms with E-state index in [9.17, 15) is 4.79 Å². The van der Waals surface area contributed by atoms with Crippen LogP contribution in [0.4, 0.5) is 5.82 Å². The van der Waals surface area contributed by atoms with Crippen LogP contribution < -0.4 is 15.8 Å². The second-order valence-corrected chi connectivity index (χ2v) is 5.80. The number of hydrogen-bond acceptors (Lipinski definition) is 4.